The first-order chi connectivity index (χ1) is 8.61. The van der Waals surface area contributed by atoms with Crippen molar-refractivity contribution in [2.24, 2.45) is 11.3 Å². The molecule has 1 aromatic rings. The van der Waals surface area contributed by atoms with Crippen molar-refractivity contribution < 1.29 is 9.90 Å². The fourth-order valence-corrected chi connectivity index (χ4v) is 3.12. The van der Waals surface area contributed by atoms with Gasteiger partial charge < -0.3 is 10.4 Å². The van der Waals surface area contributed by atoms with Crippen molar-refractivity contribution in [3.63, 3.8) is 0 Å². The first kappa shape index (κ1) is 12.3. The van der Waals surface area contributed by atoms with Crippen molar-refractivity contribution in [2.45, 2.75) is 25.7 Å². The number of halogens is 1. The van der Waals surface area contributed by atoms with Crippen molar-refractivity contribution >= 4 is 28.5 Å². The molecule has 4 heteroatoms. The number of phenols is 1. The minimum atomic E-state index is -0.155. The average Bonchev–Trinajstić information content (AvgIpc) is 3.21. The van der Waals surface area contributed by atoms with E-state index < -0.39 is 0 Å². The quantitative estimate of drug-likeness (QED) is 0.815. The third-order valence-corrected chi connectivity index (χ3v) is 4.81. The predicted molar refractivity (Wildman–Crippen MR) is 77.5 cm³/mol. The zero-order valence-corrected chi connectivity index (χ0v) is 12.2. The van der Waals surface area contributed by atoms with Crippen LogP contribution < -0.4 is 5.32 Å². The molecule has 2 aliphatic carbocycles. The lowest BCUT2D eigenvalue weighted by molar-refractivity contribution is 0.0940. The van der Waals surface area contributed by atoms with Gasteiger partial charge in [0.15, 0.2) is 0 Å². The van der Waals surface area contributed by atoms with Gasteiger partial charge >= 0.3 is 0 Å². The number of hydrogen-bond donors (Lipinski definition) is 2. The maximum absolute atomic E-state index is 12.1. The van der Waals surface area contributed by atoms with Gasteiger partial charge in [-0.15, -0.1) is 0 Å². The Morgan fingerprint density at radius 3 is 2.78 bits per heavy atom. The van der Waals surface area contributed by atoms with E-state index in [1.165, 1.54) is 25.7 Å². The summed E-state index contributed by atoms with van der Waals surface area (Å²) >= 11 is 2.14. The van der Waals surface area contributed by atoms with Gasteiger partial charge in [-0.1, -0.05) is 0 Å². The number of amides is 1. The van der Waals surface area contributed by atoms with E-state index in [2.05, 4.69) is 27.9 Å². The standard InChI is InChI=1S/C14H16INO2/c15-10-3-4-12(17)11(7-10)13(18)16-8-14(5-6-14)9-1-2-9/h3-4,7,9,17H,1-2,5-6,8H2,(H,16,18). The van der Waals surface area contributed by atoms with Crippen molar-refractivity contribution in [1.82, 2.24) is 5.32 Å². The van der Waals surface area contributed by atoms with Crippen LogP contribution in [0.5, 0.6) is 5.75 Å². The largest absolute Gasteiger partial charge is 0.507 e. The molecule has 0 aromatic heterocycles. The zero-order valence-electron chi connectivity index (χ0n) is 10.1. The summed E-state index contributed by atoms with van der Waals surface area (Å²) in [6.45, 7) is 0.765. The highest BCUT2D eigenvalue weighted by Gasteiger charge is 2.53. The van der Waals surface area contributed by atoms with Crippen LogP contribution in [0.15, 0.2) is 18.2 Å². The van der Waals surface area contributed by atoms with Crippen molar-refractivity contribution in [3.8, 4) is 5.75 Å². The van der Waals surface area contributed by atoms with Crippen LogP contribution in [0.3, 0.4) is 0 Å². The number of nitrogens with one attached hydrogen (secondary N) is 1. The molecular formula is C14H16INO2. The van der Waals surface area contributed by atoms with Crippen LogP contribution in [-0.4, -0.2) is 17.6 Å². The third kappa shape index (κ3) is 2.35. The van der Waals surface area contributed by atoms with Gasteiger partial charge in [-0.3, -0.25) is 4.79 Å². The molecule has 0 unspecified atom stereocenters. The predicted octanol–water partition coefficient (Wildman–Crippen LogP) is 2.92. The maximum atomic E-state index is 12.1. The van der Waals surface area contributed by atoms with E-state index in [0.29, 0.717) is 11.0 Å². The van der Waals surface area contributed by atoms with Crippen LogP contribution >= 0.6 is 22.6 Å². The topological polar surface area (TPSA) is 49.3 Å². The second-order valence-electron chi connectivity index (χ2n) is 5.48. The molecule has 0 bridgehead atoms. The smallest absolute Gasteiger partial charge is 0.255 e. The summed E-state index contributed by atoms with van der Waals surface area (Å²) < 4.78 is 0.957. The Labute approximate surface area is 120 Å². The molecule has 2 N–H and O–H groups in total. The van der Waals surface area contributed by atoms with Gasteiger partial charge in [0.25, 0.3) is 5.91 Å². The van der Waals surface area contributed by atoms with E-state index in [4.69, 9.17) is 0 Å². The molecule has 0 atom stereocenters. The number of carbonyl (C=O) groups is 1. The Morgan fingerprint density at radius 1 is 1.44 bits per heavy atom. The molecule has 0 saturated heterocycles. The van der Waals surface area contributed by atoms with Crippen LogP contribution in [0, 0.1) is 14.9 Å². The molecule has 0 radical (unpaired) electrons. The average molecular weight is 357 g/mol. The molecular weight excluding hydrogens is 341 g/mol. The molecule has 0 spiro atoms. The summed E-state index contributed by atoms with van der Waals surface area (Å²) in [5.74, 6) is 0.740. The Morgan fingerprint density at radius 2 is 2.17 bits per heavy atom. The summed E-state index contributed by atoms with van der Waals surface area (Å²) in [5, 5.41) is 12.7. The lowest BCUT2D eigenvalue weighted by Gasteiger charge is -2.15. The van der Waals surface area contributed by atoms with Crippen LogP contribution in [0.25, 0.3) is 0 Å². The molecule has 1 amide bonds. The summed E-state index contributed by atoms with van der Waals surface area (Å²) in [6.07, 6.45) is 5.14. The van der Waals surface area contributed by atoms with Gasteiger partial charge in [0.1, 0.15) is 5.75 Å². The van der Waals surface area contributed by atoms with E-state index >= 15 is 0 Å². The molecule has 2 saturated carbocycles. The van der Waals surface area contributed by atoms with Crippen molar-refractivity contribution in [3.05, 3.63) is 27.3 Å². The highest BCUT2D eigenvalue weighted by molar-refractivity contribution is 14.1. The van der Waals surface area contributed by atoms with Crippen LogP contribution in [0.2, 0.25) is 0 Å². The van der Waals surface area contributed by atoms with Crippen molar-refractivity contribution in [2.75, 3.05) is 6.54 Å². The second kappa shape index (κ2) is 4.40. The summed E-state index contributed by atoms with van der Waals surface area (Å²) in [5.41, 5.74) is 0.779. The molecule has 2 aliphatic rings. The molecule has 1 aromatic carbocycles. The number of aromatic hydroxyl groups is 1. The van der Waals surface area contributed by atoms with Gasteiger partial charge in [-0.25, -0.2) is 0 Å². The van der Waals surface area contributed by atoms with E-state index in [9.17, 15) is 9.90 Å². The Hall–Kier alpha value is -0.780. The zero-order chi connectivity index (χ0) is 12.8. The lowest BCUT2D eigenvalue weighted by Crippen LogP contribution is -2.31. The molecule has 3 rings (SSSR count). The Bertz CT molecular complexity index is 493. The summed E-state index contributed by atoms with van der Waals surface area (Å²) in [4.78, 5) is 12.1. The van der Waals surface area contributed by atoms with Gasteiger partial charge in [-0.05, 0) is 77.8 Å². The fraction of sp³-hybridized carbons (Fsp3) is 0.500. The van der Waals surface area contributed by atoms with Crippen molar-refractivity contribution in [1.29, 1.82) is 0 Å². The molecule has 0 aliphatic heterocycles. The minimum absolute atomic E-state index is 0.0594. The van der Waals surface area contributed by atoms with Gasteiger partial charge in [0.05, 0.1) is 5.56 Å². The molecule has 2 fully saturated rings. The minimum Gasteiger partial charge on any atom is -0.507 e. The summed E-state index contributed by atoms with van der Waals surface area (Å²) in [7, 11) is 0. The van der Waals surface area contributed by atoms with Crippen LogP contribution in [0.1, 0.15) is 36.0 Å². The van der Waals surface area contributed by atoms with E-state index in [-0.39, 0.29) is 11.7 Å². The number of hydrogen-bond acceptors (Lipinski definition) is 2. The highest BCUT2D eigenvalue weighted by atomic mass is 127. The van der Waals surface area contributed by atoms with E-state index in [1.54, 1.807) is 18.2 Å². The van der Waals surface area contributed by atoms with Gasteiger partial charge in [0, 0.05) is 10.1 Å². The molecule has 18 heavy (non-hydrogen) atoms. The Balaban J connectivity index is 1.65. The number of benzene rings is 1. The SMILES string of the molecule is O=C(NCC1(C2CC2)CC1)c1cc(I)ccc1O. The first-order valence-corrected chi connectivity index (χ1v) is 7.45. The normalized spacial score (nSPS) is 20.5. The second-order valence-corrected chi connectivity index (χ2v) is 6.73. The highest BCUT2D eigenvalue weighted by Crippen LogP contribution is 2.60. The third-order valence-electron chi connectivity index (χ3n) is 4.14. The fourth-order valence-electron chi connectivity index (χ4n) is 2.63. The Kier molecular flexibility index (Phi) is 3.00. The first-order valence-electron chi connectivity index (χ1n) is 6.37. The molecule has 3 nitrogen and oxygen atoms in total. The summed E-state index contributed by atoms with van der Waals surface area (Å²) in [6, 6.07) is 5.09. The lowest BCUT2D eigenvalue weighted by atomic mass is 10.0. The number of carbonyl (C=O) groups excluding carboxylic acids is 1. The molecule has 0 heterocycles. The number of phenolic OH excluding ortho intramolecular Hbond substituents is 1. The number of rotatable bonds is 4. The van der Waals surface area contributed by atoms with Gasteiger partial charge in [-0.2, -0.15) is 0 Å². The monoisotopic (exact) mass is 357 g/mol. The van der Waals surface area contributed by atoms with Gasteiger partial charge in [0.2, 0.25) is 0 Å². The van der Waals surface area contributed by atoms with E-state index in [0.717, 1.165) is 16.0 Å². The molecule has 96 valence electrons. The van der Waals surface area contributed by atoms with Crippen LogP contribution in [-0.2, 0) is 0 Å². The maximum Gasteiger partial charge on any atom is 0.255 e. The van der Waals surface area contributed by atoms with E-state index in [1.807, 2.05) is 0 Å². The van der Waals surface area contributed by atoms with Crippen LogP contribution in [0.4, 0.5) is 0 Å².